The van der Waals surface area contributed by atoms with Gasteiger partial charge in [0.2, 0.25) is 0 Å². The second-order valence-corrected chi connectivity index (χ2v) is 8.07. The van der Waals surface area contributed by atoms with E-state index in [4.69, 9.17) is 0 Å². The summed E-state index contributed by atoms with van der Waals surface area (Å²) in [5.41, 5.74) is 8.27. The van der Waals surface area contributed by atoms with E-state index in [0.29, 0.717) is 6.04 Å². The monoisotopic (exact) mass is 382 g/mol. The van der Waals surface area contributed by atoms with Crippen molar-refractivity contribution in [2.45, 2.75) is 25.8 Å². The third kappa shape index (κ3) is 3.99. The number of anilines is 1. The van der Waals surface area contributed by atoms with E-state index in [1.165, 1.54) is 33.6 Å². The van der Waals surface area contributed by atoms with Crippen LogP contribution >= 0.6 is 0 Å². The van der Waals surface area contributed by atoms with Gasteiger partial charge >= 0.3 is 0 Å². The van der Waals surface area contributed by atoms with Crippen molar-refractivity contribution in [2.24, 2.45) is 0 Å². The fourth-order valence-electron chi connectivity index (χ4n) is 4.52. The first-order valence-electron chi connectivity index (χ1n) is 10.5. The highest BCUT2D eigenvalue weighted by molar-refractivity contribution is 5.86. The minimum absolute atomic E-state index is 0.296. The lowest BCUT2D eigenvalue weighted by atomic mass is 9.89. The summed E-state index contributed by atoms with van der Waals surface area (Å²) in [6, 6.07) is 31.1. The van der Waals surface area contributed by atoms with Gasteiger partial charge in [-0.05, 0) is 55.3 Å². The Morgan fingerprint density at radius 3 is 2.10 bits per heavy atom. The van der Waals surface area contributed by atoms with Crippen molar-refractivity contribution in [1.29, 1.82) is 0 Å². The van der Waals surface area contributed by atoms with Gasteiger partial charge in [-0.15, -0.1) is 0 Å². The molecule has 0 radical (unpaired) electrons. The Morgan fingerprint density at radius 1 is 0.828 bits per heavy atom. The Labute approximate surface area is 175 Å². The second kappa shape index (κ2) is 8.67. The van der Waals surface area contributed by atoms with Crippen LogP contribution in [0.1, 0.15) is 36.1 Å². The van der Waals surface area contributed by atoms with Crippen LogP contribution in [0.4, 0.5) is 5.69 Å². The van der Waals surface area contributed by atoms with Crippen LogP contribution < -0.4 is 4.90 Å². The molecular weight excluding hydrogens is 352 g/mol. The Bertz CT molecular complexity index is 974. The predicted octanol–water partition coefficient (Wildman–Crippen LogP) is 6.17. The van der Waals surface area contributed by atoms with E-state index < -0.39 is 0 Å². The van der Waals surface area contributed by atoms with Gasteiger partial charge in [0, 0.05) is 17.9 Å². The average molecular weight is 383 g/mol. The molecule has 3 aromatic carbocycles. The van der Waals surface area contributed by atoms with Crippen molar-refractivity contribution in [3.63, 3.8) is 0 Å². The van der Waals surface area contributed by atoms with Crippen LogP contribution in [0, 0.1) is 0 Å². The Kier molecular flexibility index (Phi) is 5.82. The molecule has 29 heavy (non-hydrogen) atoms. The van der Waals surface area contributed by atoms with E-state index in [0.717, 1.165) is 19.4 Å². The number of para-hydroxylation sites is 1. The van der Waals surface area contributed by atoms with Gasteiger partial charge in [0.05, 0.1) is 6.04 Å². The molecule has 4 rings (SSSR count). The van der Waals surface area contributed by atoms with Crippen molar-refractivity contribution < 1.29 is 0 Å². The number of nitrogens with zero attached hydrogens (tertiary/aromatic N) is 2. The zero-order chi connectivity index (χ0) is 20.2. The highest BCUT2D eigenvalue weighted by atomic mass is 15.2. The van der Waals surface area contributed by atoms with Gasteiger partial charge in [0.15, 0.2) is 0 Å². The minimum Gasteiger partial charge on any atom is -0.333 e. The van der Waals surface area contributed by atoms with E-state index in [1.807, 2.05) is 0 Å². The van der Waals surface area contributed by atoms with E-state index >= 15 is 0 Å². The summed E-state index contributed by atoms with van der Waals surface area (Å²) in [5.74, 6) is 0. The second-order valence-electron chi connectivity index (χ2n) is 8.07. The molecule has 0 saturated carbocycles. The van der Waals surface area contributed by atoms with E-state index in [-0.39, 0.29) is 0 Å². The number of fused-ring (bicyclic) bond motifs is 1. The number of likely N-dealkylation sites (N-methyl/N-ethyl adjacent to an activating group) is 1. The van der Waals surface area contributed by atoms with Gasteiger partial charge in [-0.25, -0.2) is 0 Å². The molecule has 0 aliphatic carbocycles. The molecule has 1 atom stereocenters. The maximum absolute atomic E-state index is 2.60. The lowest BCUT2D eigenvalue weighted by Crippen LogP contribution is -2.33. The van der Waals surface area contributed by atoms with Crippen molar-refractivity contribution in [3.05, 3.63) is 107 Å². The summed E-state index contributed by atoms with van der Waals surface area (Å²) in [7, 11) is 4.32. The molecular formula is C27H30N2. The molecule has 0 saturated heterocycles. The topological polar surface area (TPSA) is 6.48 Å². The summed E-state index contributed by atoms with van der Waals surface area (Å²) in [6.45, 7) is 3.25. The van der Waals surface area contributed by atoms with Crippen molar-refractivity contribution >= 4 is 11.4 Å². The third-order valence-corrected chi connectivity index (χ3v) is 5.67. The smallest absolute Gasteiger partial charge is 0.0589 e. The van der Waals surface area contributed by atoms with Crippen LogP contribution in [-0.4, -0.2) is 25.5 Å². The van der Waals surface area contributed by atoms with Gasteiger partial charge in [-0.1, -0.05) is 85.8 Å². The van der Waals surface area contributed by atoms with Crippen LogP contribution in [0.5, 0.6) is 0 Å². The lowest BCUT2D eigenvalue weighted by molar-refractivity contribution is 0.440. The highest BCUT2D eigenvalue weighted by Gasteiger charge is 2.31. The number of hydrogen-bond donors (Lipinski definition) is 0. The summed E-state index contributed by atoms with van der Waals surface area (Å²) in [6.07, 6.45) is 2.05. The molecule has 0 bridgehead atoms. The van der Waals surface area contributed by atoms with E-state index in [2.05, 4.69) is 116 Å². The number of benzene rings is 3. The predicted molar refractivity (Wildman–Crippen MR) is 124 cm³/mol. The van der Waals surface area contributed by atoms with Gasteiger partial charge in [-0.3, -0.25) is 0 Å². The van der Waals surface area contributed by atoms with Gasteiger partial charge < -0.3 is 9.80 Å². The molecule has 2 heteroatoms. The number of rotatable bonds is 6. The zero-order valence-corrected chi connectivity index (χ0v) is 17.7. The fourth-order valence-corrected chi connectivity index (χ4v) is 4.52. The Morgan fingerprint density at radius 2 is 1.45 bits per heavy atom. The standard InChI is InChI=1S/C27H30N2/c1-4-25(21-13-7-5-8-14-21)29-26-18-12-11-17-23(26)19-24(20-28(2)3)27(29)22-15-9-6-10-16-22/h5-18,25H,4,19-20H2,1-3H3/t25-/m0/s1. The van der Waals surface area contributed by atoms with E-state index in [9.17, 15) is 0 Å². The molecule has 2 nitrogen and oxygen atoms in total. The van der Waals surface area contributed by atoms with Gasteiger partial charge in [-0.2, -0.15) is 0 Å². The van der Waals surface area contributed by atoms with Gasteiger partial charge in [0.25, 0.3) is 0 Å². The molecule has 0 amide bonds. The molecule has 0 N–H and O–H groups in total. The zero-order valence-electron chi connectivity index (χ0n) is 17.7. The molecule has 1 aliphatic heterocycles. The molecule has 1 aliphatic rings. The Balaban J connectivity index is 1.95. The highest BCUT2D eigenvalue weighted by Crippen LogP contribution is 2.44. The summed E-state index contributed by atoms with van der Waals surface area (Å²) < 4.78 is 0. The quantitative estimate of drug-likeness (QED) is 0.503. The first-order valence-corrected chi connectivity index (χ1v) is 10.5. The fraction of sp³-hybridized carbons (Fsp3) is 0.259. The first kappa shape index (κ1) is 19.5. The molecule has 3 aromatic rings. The maximum Gasteiger partial charge on any atom is 0.0589 e. The molecule has 148 valence electrons. The van der Waals surface area contributed by atoms with E-state index in [1.54, 1.807) is 0 Å². The van der Waals surface area contributed by atoms with Crippen molar-refractivity contribution in [2.75, 3.05) is 25.5 Å². The van der Waals surface area contributed by atoms with Crippen LogP contribution in [-0.2, 0) is 6.42 Å². The number of hydrogen-bond acceptors (Lipinski definition) is 2. The summed E-state index contributed by atoms with van der Waals surface area (Å²) in [4.78, 5) is 4.89. The minimum atomic E-state index is 0.296. The molecule has 0 aromatic heterocycles. The SMILES string of the molecule is CC[C@@H](c1ccccc1)N1C(c2ccccc2)=C(CN(C)C)Cc2ccccc21. The molecule has 1 heterocycles. The lowest BCUT2D eigenvalue weighted by Gasteiger charge is -2.42. The van der Waals surface area contributed by atoms with Crippen LogP contribution in [0.3, 0.4) is 0 Å². The molecule has 0 fully saturated rings. The molecule has 0 unspecified atom stereocenters. The van der Waals surface area contributed by atoms with Crippen LogP contribution in [0.25, 0.3) is 5.70 Å². The third-order valence-electron chi connectivity index (χ3n) is 5.67. The maximum atomic E-state index is 2.60. The molecule has 0 spiro atoms. The van der Waals surface area contributed by atoms with Crippen LogP contribution in [0.15, 0.2) is 90.5 Å². The van der Waals surface area contributed by atoms with Crippen molar-refractivity contribution in [3.8, 4) is 0 Å². The first-order chi connectivity index (χ1) is 14.2. The van der Waals surface area contributed by atoms with Crippen LogP contribution in [0.2, 0.25) is 0 Å². The largest absolute Gasteiger partial charge is 0.333 e. The Hall–Kier alpha value is -2.84. The van der Waals surface area contributed by atoms with Gasteiger partial charge in [0.1, 0.15) is 0 Å². The average Bonchev–Trinajstić information content (AvgIpc) is 2.75. The summed E-state index contributed by atoms with van der Waals surface area (Å²) >= 11 is 0. The normalized spacial score (nSPS) is 14.8. The van der Waals surface area contributed by atoms with Crippen molar-refractivity contribution in [1.82, 2.24) is 4.90 Å². The summed E-state index contributed by atoms with van der Waals surface area (Å²) in [5, 5.41) is 0.